The molecule has 0 aliphatic carbocycles. The third-order valence-corrected chi connectivity index (χ3v) is 3.05. The van der Waals surface area contributed by atoms with Crippen LogP contribution in [0.2, 0.25) is 0 Å². The zero-order chi connectivity index (χ0) is 14.2. The molecule has 0 radical (unpaired) electrons. The Morgan fingerprint density at radius 2 is 2.05 bits per heavy atom. The molecule has 1 atom stereocenters. The van der Waals surface area contributed by atoms with E-state index in [1.807, 2.05) is 0 Å². The summed E-state index contributed by atoms with van der Waals surface area (Å²) in [6.07, 6.45) is 1.28. The van der Waals surface area contributed by atoms with E-state index in [0.717, 1.165) is 6.07 Å². The molecule has 0 bridgehead atoms. The lowest BCUT2D eigenvalue weighted by Crippen LogP contribution is -2.21. The fourth-order valence-corrected chi connectivity index (χ4v) is 1.96. The second-order valence-electron chi connectivity index (χ2n) is 3.67. The number of fused-ring (bicyclic) bond motifs is 1. The summed E-state index contributed by atoms with van der Waals surface area (Å²) in [4.78, 5) is 3.77. The Balaban J connectivity index is 2.58. The summed E-state index contributed by atoms with van der Waals surface area (Å²) in [5, 5.41) is 0.429. The SMILES string of the molecule is Cc1cc(F)c(OS(=O)C(F)(F)F)c2ncccc12. The summed E-state index contributed by atoms with van der Waals surface area (Å²) in [5.74, 6) is -1.81. The normalized spacial score (nSPS) is 13.5. The van der Waals surface area contributed by atoms with Crippen LogP contribution < -0.4 is 4.18 Å². The van der Waals surface area contributed by atoms with Gasteiger partial charge in [0.2, 0.25) is 5.75 Å². The summed E-state index contributed by atoms with van der Waals surface area (Å²) >= 11 is -3.64. The predicted molar refractivity (Wildman–Crippen MR) is 61.3 cm³/mol. The molecule has 0 N–H and O–H groups in total. The fraction of sp³-hybridized carbons (Fsp3) is 0.182. The summed E-state index contributed by atoms with van der Waals surface area (Å²) in [6, 6.07) is 4.12. The zero-order valence-electron chi connectivity index (χ0n) is 9.49. The number of hydrogen-bond acceptors (Lipinski definition) is 3. The minimum Gasteiger partial charge on any atom is -0.389 e. The molecule has 0 amide bonds. The predicted octanol–water partition coefficient (Wildman–Crippen LogP) is 3.24. The average molecular weight is 293 g/mol. The third-order valence-electron chi connectivity index (χ3n) is 2.36. The lowest BCUT2D eigenvalue weighted by atomic mass is 10.1. The van der Waals surface area contributed by atoms with E-state index in [1.54, 1.807) is 19.1 Å². The van der Waals surface area contributed by atoms with Crippen LogP contribution in [0, 0.1) is 12.7 Å². The van der Waals surface area contributed by atoms with Gasteiger partial charge in [-0.15, -0.1) is 0 Å². The average Bonchev–Trinajstić information content (AvgIpc) is 2.33. The largest absolute Gasteiger partial charge is 0.508 e. The Morgan fingerprint density at radius 1 is 1.37 bits per heavy atom. The number of rotatable bonds is 2. The molecule has 0 aliphatic heterocycles. The van der Waals surface area contributed by atoms with E-state index >= 15 is 0 Å². The lowest BCUT2D eigenvalue weighted by molar-refractivity contribution is -0.0437. The van der Waals surface area contributed by atoms with Crippen molar-refractivity contribution < 1.29 is 26.0 Å². The van der Waals surface area contributed by atoms with Crippen LogP contribution in [0.5, 0.6) is 5.75 Å². The van der Waals surface area contributed by atoms with Crippen molar-refractivity contribution >= 4 is 22.0 Å². The molecule has 0 saturated carbocycles. The Kier molecular flexibility index (Phi) is 3.44. The highest BCUT2D eigenvalue weighted by Crippen LogP contribution is 2.32. The third kappa shape index (κ3) is 2.67. The number of hydrogen-bond donors (Lipinski definition) is 0. The molecule has 1 aromatic heterocycles. The molecule has 0 saturated heterocycles. The van der Waals surface area contributed by atoms with Gasteiger partial charge in [-0.1, -0.05) is 6.07 Å². The van der Waals surface area contributed by atoms with Crippen LogP contribution in [-0.4, -0.2) is 14.7 Å². The summed E-state index contributed by atoms with van der Waals surface area (Å²) < 4.78 is 65.3. The molecule has 1 unspecified atom stereocenters. The minimum atomic E-state index is -5.08. The second-order valence-corrected chi connectivity index (χ2v) is 4.77. The van der Waals surface area contributed by atoms with Gasteiger partial charge in [0.05, 0.1) is 0 Å². The molecule has 0 aliphatic rings. The van der Waals surface area contributed by atoms with Crippen molar-refractivity contribution in [3.8, 4) is 5.75 Å². The maximum atomic E-state index is 13.7. The standard InChI is InChI=1S/C11H7F4NO2S/c1-6-5-8(12)10(18-19(17)11(13,14)15)9-7(6)3-2-4-16-9/h2-5H,1H3. The molecular formula is C11H7F4NO2S. The molecule has 102 valence electrons. The van der Waals surface area contributed by atoms with Crippen LogP contribution in [0.3, 0.4) is 0 Å². The van der Waals surface area contributed by atoms with Crippen molar-refractivity contribution in [3.05, 3.63) is 35.8 Å². The van der Waals surface area contributed by atoms with E-state index in [1.165, 1.54) is 6.20 Å². The molecular weight excluding hydrogens is 286 g/mol. The number of pyridine rings is 1. The van der Waals surface area contributed by atoms with E-state index in [9.17, 15) is 21.8 Å². The number of aromatic nitrogens is 1. The number of aryl methyl sites for hydroxylation is 1. The van der Waals surface area contributed by atoms with Crippen molar-refractivity contribution in [1.82, 2.24) is 4.98 Å². The number of nitrogens with zero attached hydrogens (tertiary/aromatic N) is 1. The highest BCUT2D eigenvalue weighted by Gasteiger charge is 2.40. The number of alkyl halides is 3. The van der Waals surface area contributed by atoms with Crippen LogP contribution >= 0.6 is 0 Å². The maximum Gasteiger partial charge on any atom is 0.508 e. The Morgan fingerprint density at radius 3 is 2.68 bits per heavy atom. The molecule has 1 aromatic carbocycles. The molecule has 0 spiro atoms. The molecule has 3 nitrogen and oxygen atoms in total. The van der Waals surface area contributed by atoms with Crippen molar-refractivity contribution in [2.24, 2.45) is 0 Å². The Labute approximate surface area is 107 Å². The fourth-order valence-electron chi connectivity index (χ4n) is 1.55. The molecule has 2 rings (SSSR count). The van der Waals surface area contributed by atoms with Crippen LogP contribution in [-0.2, 0) is 11.1 Å². The smallest absolute Gasteiger partial charge is 0.389 e. The van der Waals surface area contributed by atoms with Crippen molar-refractivity contribution in [2.75, 3.05) is 0 Å². The molecule has 0 fully saturated rings. The molecule has 19 heavy (non-hydrogen) atoms. The van der Waals surface area contributed by atoms with Gasteiger partial charge in [-0.25, -0.2) is 8.60 Å². The van der Waals surface area contributed by atoms with E-state index in [2.05, 4.69) is 9.17 Å². The van der Waals surface area contributed by atoms with Gasteiger partial charge in [-0.3, -0.25) is 4.98 Å². The minimum absolute atomic E-state index is 0.0994. The zero-order valence-corrected chi connectivity index (χ0v) is 10.3. The quantitative estimate of drug-likeness (QED) is 0.798. The molecule has 1 heterocycles. The van der Waals surface area contributed by atoms with Gasteiger partial charge < -0.3 is 4.18 Å². The maximum absolute atomic E-state index is 13.7. The Hall–Kier alpha value is -1.70. The summed E-state index contributed by atoms with van der Waals surface area (Å²) in [5.41, 5.74) is -4.69. The van der Waals surface area contributed by atoms with Crippen molar-refractivity contribution in [1.29, 1.82) is 0 Å². The molecule has 8 heteroatoms. The van der Waals surface area contributed by atoms with Gasteiger partial charge in [0.25, 0.3) is 0 Å². The van der Waals surface area contributed by atoms with Gasteiger partial charge in [-0.05, 0) is 24.6 Å². The highest BCUT2D eigenvalue weighted by atomic mass is 32.2. The molecule has 2 aromatic rings. The highest BCUT2D eigenvalue weighted by molar-refractivity contribution is 7.81. The lowest BCUT2D eigenvalue weighted by Gasteiger charge is -2.11. The first-order chi connectivity index (χ1) is 8.80. The van der Waals surface area contributed by atoms with E-state index in [-0.39, 0.29) is 5.52 Å². The van der Waals surface area contributed by atoms with Crippen LogP contribution in [0.15, 0.2) is 24.4 Å². The summed E-state index contributed by atoms with van der Waals surface area (Å²) in [7, 11) is 0. The van der Waals surface area contributed by atoms with E-state index in [0.29, 0.717) is 10.9 Å². The van der Waals surface area contributed by atoms with Crippen molar-refractivity contribution in [2.45, 2.75) is 12.4 Å². The van der Waals surface area contributed by atoms with Crippen LogP contribution in [0.1, 0.15) is 5.56 Å². The van der Waals surface area contributed by atoms with Crippen LogP contribution in [0.4, 0.5) is 17.6 Å². The van der Waals surface area contributed by atoms with E-state index < -0.39 is 28.2 Å². The summed E-state index contributed by atoms with van der Waals surface area (Å²) in [6.45, 7) is 1.58. The monoisotopic (exact) mass is 293 g/mol. The van der Waals surface area contributed by atoms with E-state index in [4.69, 9.17) is 0 Å². The van der Waals surface area contributed by atoms with Gasteiger partial charge in [0.15, 0.2) is 5.82 Å². The van der Waals surface area contributed by atoms with Crippen LogP contribution in [0.25, 0.3) is 10.9 Å². The first kappa shape index (κ1) is 13.7. The van der Waals surface area contributed by atoms with Gasteiger partial charge >= 0.3 is 16.6 Å². The topological polar surface area (TPSA) is 39.2 Å². The second kappa shape index (κ2) is 4.76. The Bertz CT molecular complexity index is 657. The first-order valence-electron chi connectivity index (χ1n) is 5.01. The van der Waals surface area contributed by atoms with Crippen molar-refractivity contribution in [3.63, 3.8) is 0 Å². The van der Waals surface area contributed by atoms with Gasteiger partial charge in [0, 0.05) is 11.6 Å². The first-order valence-corrected chi connectivity index (χ1v) is 6.09. The van der Waals surface area contributed by atoms with Gasteiger partial charge in [0.1, 0.15) is 5.52 Å². The number of halogens is 4. The van der Waals surface area contributed by atoms with Gasteiger partial charge in [-0.2, -0.15) is 13.2 Å². The number of benzene rings is 1.